The molecule has 1 heterocycles. The van der Waals surface area contributed by atoms with Gasteiger partial charge in [0.2, 0.25) is 5.91 Å². The molecule has 2 fully saturated rings. The van der Waals surface area contributed by atoms with Crippen LogP contribution in [0.3, 0.4) is 0 Å². The number of hydrogen-bond acceptors (Lipinski definition) is 5. The second-order valence-corrected chi connectivity index (χ2v) is 8.04. The Morgan fingerprint density at radius 1 is 1.13 bits per heavy atom. The first-order valence-corrected chi connectivity index (χ1v) is 10.4. The van der Waals surface area contributed by atoms with E-state index >= 15 is 0 Å². The highest BCUT2D eigenvalue weighted by atomic mass is 16.6. The molecule has 158 valence electrons. The number of non-ortho nitro benzene ring substituents is 1. The molecule has 1 aliphatic heterocycles. The average Bonchev–Trinajstić information content (AvgIpc) is 3.38. The van der Waals surface area contributed by atoms with Crippen LogP contribution in [0.1, 0.15) is 49.1 Å². The molecule has 30 heavy (non-hydrogen) atoms. The molecule has 2 aromatic rings. The van der Waals surface area contributed by atoms with E-state index in [2.05, 4.69) is 0 Å². The van der Waals surface area contributed by atoms with Crippen LogP contribution in [0, 0.1) is 10.1 Å². The standard InChI is InChI=1S/C23H26N2O5/c1-29-21-10-9-17(12-22(21)30-20-7-2-3-8-20)18-13-23(26)24(15-18)14-16-5-4-6-19(11-16)25(27)28/h4-6,9-12,18,20H,2-3,7-8,13-15H2,1H3/t18-/m1/s1. The summed E-state index contributed by atoms with van der Waals surface area (Å²) in [5.41, 5.74) is 1.86. The fraction of sp³-hybridized carbons (Fsp3) is 0.435. The molecule has 0 radical (unpaired) electrons. The third kappa shape index (κ3) is 4.40. The van der Waals surface area contributed by atoms with Gasteiger partial charge in [-0.05, 0) is 48.9 Å². The Balaban J connectivity index is 1.48. The van der Waals surface area contributed by atoms with Gasteiger partial charge in [-0.15, -0.1) is 0 Å². The number of ether oxygens (including phenoxy) is 2. The molecule has 0 N–H and O–H groups in total. The van der Waals surface area contributed by atoms with Crippen LogP contribution < -0.4 is 9.47 Å². The fourth-order valence-corrected chi connectivity index (χ4v) is 4.36. The summed E-state index contributed by atoms with van der Waals surface area (Å²) < 4.78 is 11.7. The van der Waals surface area contributed by atoms with Crippen LogP contribution in [-0.4, -0.2) is 35.5 Å². The first-order valence-electron chi connectivity index (χ1n) is 10.4. The lowest BCUT2D eigenvalue weighted by Gasteiger charge is -2.19. The minimum atomic E-state index is -0.415. The zero-order valence-electron chi connectivity index (χ0n) is 17.1. The molecular weight excluding hydrogens is 384 g/mol. The maximum Gasteiger partial charge on any atom is 0.269 e. The largest absolute Gasteiger partial charge is 0.493 e. The van der Waals surface area contributed by atoms with E-state index in [1.807, 2.05) is 24.3 Å². The molecule has 7 nitrogen and oxygen atoms in total. The summed E-state index contributed by atoms with van der Waals surface area (Å²) >= 11 is 0. The minimum absolute atomic E-state index is 0.0413. The zero-order valence-corrected chi connectivity index (χ0v) is 17.1. The molecule has 1 atom stereocenters. The van der Waals surface area contributed by atoms with Crippen molar-refractivity contribution in [3.8, 4) is 11.5 Å². The van der Waals surface area contributed by atoms with Gasteiger partial charge in [0.1, 0.15) is 0 Å². The first kappa shape index (κ1) is 20.2. The van der Waals surface area contributed by atoms with Crippen molar-refractivity contribution in [2.45, 2.75) is 50.7 Å². The fourth-order valence-electron chi connectivity index (χ4n) is 4.36. The number of carbonyl (C=O) groups excluding carboxylic acids is 1. The minimum Gasteiger partial charge on any atom is -0.493 e. The summed E-state index contributed by atoms with van der Waals surface area (Å²) in [6.07, 6.45) is 5.15. The molecule has 0 bridgehead atoms. The number of nitro benzene ring substituents is 1. The SMILES string of the molecule is COc1ccc([C@@H]2CC(=O)N(Cc3cccc([N+](=O)[O-])c3)C2)cc1OC1CCCC1. The lowest BCUT2D eigenvalue weighted by atomic mass is 9.98. The summed E-state index contributed by atoms with van der Waals surface area (Å²) in [7, 11) is 1.64. The Morgan fingerprint density at radius 3 is 2.67 bits per heavy atom. The summed E-state index contributed by atoms with van der Waals surface area (Å²) in [6, 6.07) is 12.4. The van der Waals surface area contributed by atoms with Crippen LogP contribution >= 0.6 is 0 Å². The second-order valence-electron chi connectivity index (χ2n) is 8.04. The van der Waals surface area contributed by atoms with Gasteiger partial charge in [-0.3, -0.25) is 14.9 Å². The van der Waals surface area contributed by atoms with E-state index in [1.165, 1.54) is 25.0 Å². The molecule has 1 saturated carbocycles. The van der Waals surface area contributed by atoms with Crippen molar-refractivity contribution in [2.75, 3.05) is 13.7 Å². The van der Waals surface area contributed by atoms with Crippen LogP contribution in [0.25, 0.3) is 0 Å². The van der Waals surface area contributed by atoms with Crippen molar-refractivity contribution < 1.29 is 19.2 Å². The number of benzene rings is 2. The maximum absolute atomic E-state index is 12.6. The van der Waals surface area contributed by atoms with E-state index in [4.69, 9.17) is 9.47 Å². The van der Waals surface area contributed by atoms with Crippen LogP contribution in [-0.2, 0) is 11.3 Å². The number of likely N-dealkylation sites (tertiary alicyclic amines) is 1. The molecule has 0 spiro atoms. The number of carbonyl (C=O) groups is 1. The third-order valence-corrected chi connectivity index (χ3v) is 5.96. The van der Waals surface area contributed by atoms with Crippen molar-refractivity contribution in [2.24, 2.45) is 0 Å². The normalized spacial score (nSPS) is 19.3. The van der Waals surface area contributed by atoms with Crippen LogP contribution in [0.5, 0.6) is 11.5 Å². The summed E-state index contributed by atoms with van der Waals surface area (Å²) in [6.45, 7) is 0.954. The average molecular weight is 410 g/mol. The lowest BCUT2D eigenvalue weighted by molar-refractivity contribution is -0.384. The molecule has 0 unspecified atom stereocenters. The summed E-state index contributed by atoms with van der Waals surface area (Å²) in [5, 5.41) is 11.0. The molecular formula is C23H26N2O5. The Kier molecular flexibility index (Phi) is 5.88. The van der Waals surface area contributed by atoms with E-state index < -0.39 is 4.92 Å². The Morgan fingerprint density at radius 2 is 1.93 bits per heavy atom. The molecule has 7 heteroatoms. The summed E-state index contributed by atoms with van der Waals surface area (Å²) in [5.74, 6) is 1.57. The molecule has 2 aliphatic rings. The highest BCUT2D eigenvalue weighted by molar-refractivity contribution is 5.80. The van der Waals surface area contributed by atoms with E-state index in [1.54, 1.807) is 18.1 Å². The predicted molar refractivity (Wildman–Crippen MR) is 112 cm³/mol. The number of nitrogens with zero attached hydrogens (tertiary/aromatic N) is 2. The van der Waals surface area contributed by atoms with Gasteiger partial charge in [0.25, 0.3) is 5.69 Å². The molecule has 1 amide bonds. The number of methoxy groups -OCH3 is 1. The van der Waals surface area contributed by atoms with Crippen molar-refractivity contribution >= 4 is 11.6 Å². The Hall–Kier alpha value is -3.09. The number of hydrogen-bond donors (Lipinski definition) is 0. The molecule has 4 rings (SSSR count). The number of amides is 1. The van der Waals surface area contributed by atoms with Gasteiger partial charge in [0.15, 0.2) is 11.5 Å². The maximum atomic E-state index is 12.6. The van der Waals surface area contributed by atoms with Crippen molar-refractivity contribution in [1.82, 2.24) is 4.90 Å². The summed E-state index contributed by atoms with van der Waals surface area (Å²) in [4.78, 5) is 25.0. The quantitative estimate of drug-likeness (QED) is 0.498. The Bertz CT molecular complexity index is 939. The van der Waals surface area contributed by atoms with Crippen LogP contribution in [0.2, 0.25) is 0 Å². The monoisotopic (exact) mass is 410 g/mol. The van der Waals surface area contributed by atoms with Gasteiger partial charge in [-0.25, -0.2) is 0 Å². The van der Waals surface area contributed by atoms with Gasteiger partial charge < -0.3 is 14.4 Å². The van der Waals surface area contributed by atoms with Crippen molar-refractivity contribution in [3.63, 3.8) is 0 Å². The predicted octanol–water partition coefficient (Wildman–Crippen LogP) is 4.44. The molecule has 1 aliphatic carbocycles. The first-order chi connectivity index (χ1) is 14.5. The van der Waals surface area contributed by atoms with Gasteiger partial charge in [-0.1, -0.05) is 18.2 Å². The Labute approximate surface area is 175 Å². The number of nitro groups is 1. The van der Waals surface area contributed by atoms with E-state index in [-0.39, 0.29) is 23.6 Å². The topological polar surface area (TPSA) is 81.9 Å². The van der Waals surface area contributed by atoms with Crippen molar-refractivity contribution in [3.05, 3.63) is 63.7 Å². The molecule has 2 aromatic carbocycles. The second kappa shape index (κ2) is 8.73. The van der Waals surface area contributed by atoms with Gasteiger partial charge in [-0.2, -0.15) is 0 Å². The third-order valence-electron chi connectivity index (χ3n) is 5.96. The highest BCUT2D eigenvalue weighted by Gasteiger charge is 2.31. The van der Waals surface area contributed by atoms with E-state index in [0.29, 0.717) is 25.3 Å². The van der Waals surface area contributed by atoms with Gasteiger partial charge in [0.05, 0.1) is 18.1 Å². The van der Waals surface area contributed by atoms with Crippen molar-refractivity contribution in [1.29, 1.82) is 0 Å². The van der Waals surface area contributed by atoms with Crippen LogP contribution in [0.15, 0.2) is 42.5 Å². The van der Waals surface area contributed by atoms with Gasteiger partial charge in [0, 0.05) is 37.6 Å². The van der Waals surface area contributed by atoms with Gasteiger partial charge >= 0.3 is 0 Å². The number of rotatable bonds is 7. The zero-order chi connectivity index (χ0) is 21.1. The molecule has 0 aromatic heterocycles. The highest BCUT2D eigenvalue weighted by Crippen LogP contribution is 2.37. The lowest BCUT2D eigenvalue weighted by Crippen LogP contribution is -2.24. The van der Waals surface area contributed by atoms with E-state index in [0.717, 1.165) is 29.7 Å². The van der Waals surface area contributed by atoms with E-state index in [9.17, 15) is 14.9 Å². The smallest absolute Gasteiger partial charge is 0.269 e. The molecule has 1 saturated heterocycles. The van der Waals surface area contributed by atoms with Crippen LogP contribution in [0.4, 0.5) is 5.69 Å².